The molecule has 1 N–H and O–H groups in total. The van der Waals surface area contributed by atoms with Gasteiger partial charge in [-0.3, -0.25) is 14.5 Å². The number of hydrogen-bond donors (Lipinski definition) is 1. The number of halogens is 1. The summed E-state index contributed by atoms with van der Waals surface area (Å²) in [6.45, 7) is 9.58. The number of hydrogen-bond acceptors (Lipinski definition) is 4. The molecule has 1 fully saturated rings. The minimum absolute atomic E-state index is 0.151. The Balaban J connectivity index is 1.64. The summed E-state index contributed by atoms with van der Waals surface area (Å²) >= 11 is 0. The zero-order valence-corrected chi connectivity index (χ0v) is 16.4. The molecule has 1 atom stereocenters. The van der Waals surface area contributed by atoms with Crippen molar-refractivity contribution < 1.29 is 9.50 Å². The van der Waals surface area contributed by atoms with Crippen molar-refractivity contribution in [1.29, 1.82) is 0 Å². The van der Waals surface area contributed by atoms with E-state index in [1.807, 2.05) is 18.3 Å². The van der Waals surface area contributed by atoms with Crippen molar-refractivity contribution in [3.8, 4) is 0 Å². The lowest BCUT2D eigenvalue weighted by molar-refractivity contribution is 0.0492. The van der Waals surface area contributed by atoms with Gasteiger partial charge in [0.15, 0.2) is 0 Å². The van der Waals surface area contributed by atoms with Crippen LogP contribution in [0.4, 0.5) is 4.39 Å². The Bertz CT molecular complexity index is 733. The molecule has 0 spiro atoms. The topological polar surface area (TPSA) is 44.5 Å². The fourth-order valence-electron chi connectivity index (χ4n) is 3.90. The fraction of sp³-hybridized carbons (Fsp3) is 0.571. The molecule has 0 aliphatic carbocycles. The lowest BCUT2D eigenvalue weighted by Crippen LogP contribution is -2.52. The van der Waals surface area contributed by atoms with E-state index in [1.54, 1.807) is 6.07 Å². The molecule has 2 heterocycles. The first-order valence-electron chi connectivity index (χ1n) is 9.94. The molecule has 2 aromatic rings. The van der Waals surface area contributed by atoms with E-state index in [0.717, 1.165) is 44.7 Å². The number of aromatic nitrogens is 2. The van der Waals surface area contributed by atoms with Gasteiger partial charge in [-0.1, -0.05) is 25.1 Å². The molecule has 0 radical (unpaired) electrons. The summed E-state index contributed by atoms with van der Waals surface area (Å²) in [5, 5.41) is 14.0. The summed E-state index contributed by atoms with van der Waals surface area (Å²) in [7, 11) is 0. The minimum Gasteiger partial charge on any atom is -0.396 e. The first kappa shape index (κ1) is 20.0. The summed E-state index contributed by atoms with van der Waals surface area (Å²) < 4.78 is 16.1. The van der Waals surface area contributed by atoms with Gasteiger partial charge in [-0.2, -0.15) is 5.10 Å². The van der Waals surface area contributed by atoms with E-state index in [2.05, 4.69) is 33.4 Å². The Hall–Kier alpha value is -1.76. The molecule has 1 unspecified atom stereocenters. The number of aryl methyl sites for hydroxylation is 1. The number of piperazine rings is 1. The number of rotatable bonds is 8. The standard InChI is InChI=1S/C21H31FN4O/c1-3-9-26-17(2)19(13-23-26)14-24-10-11-25(20(16-24)8-12-27)15-18-6-4-5-7-21(18)22/h4-7,13,20,27H,3,8-12,14-16H2,1-2H3. The second-order valence-electron chi connectivity index (χ2n) is 7.44. The van der Waals surface area contributed by atoms with Gasteiger partial charge < -0.3 is 5.11 Å². The average Bonchev–Trinajstić information content (AvgIpc) is 3.00. The first-order chi connectivity index (χ1) is 13.1. The van der Waals surface area contributed by atoms with Crippen molar-refractivity contribution in [2.45, 2.75) is 52.4 Å². The van der Waals surface area contributed by atoms with Crippen LogP contribution in [0.3, 0.4) is 0 Å². The average molecular weight is 375 g/mol. The van der Waals surface area contributed by atoms with Crippen molar-refractivity contribution in [2.75, 3.05) is 26.2 Å². The van der Waals surface area contributed by atoms with Gasteiger partial charge in [-0.05, 0) is 25.8 Å². The van der Waals surface area contributed by atoms with Crippen LogP contribution in [-0.2, 0) is 19.6 Å². The van der Waals surface area contributed by atoms with Crippen LogP contribution in [-0.4, -0.2) is 57.0 Å². The predicted molar refractivity (Wildman–Crippen MR) is 105 cm³/mol. The Morgan fingerprint density at radius 2 is 2.00 bits per heavy atom. The molecule has 148 valence electrons. The van der Waals surface area contributed by atoms with Gasteiger partial charge in [0, 0.05) is 68.7 Å². The third kappa shape index (κ3) is 4.94. The molecule has 0 bridgehead atoms. The maximum Gasteiger partial charge on any atom is 0.127 e. The van der Waals surface area contributed by atoms with E-state index in [4.69, 9.17) is 0 Å². The van der Waals surface area contributed by atoms with E-state index in [1.165, 1.54) is 17.3 Å². The number of aliphatic hydroxyl groups is 1. The molecule has 27 heavy (non-hydrogen) atoms. The summed E-state index contributed by atoms with van der Waals surface area (Å²) in [6.07, 6.45) is 3.77. The summed E-state index contributed by atoms with van der Waals surface area (Å²) in [4.78, 5) is 4.73. The van der Waals surface area contributed by atoms with Crippen molar-refractivity contribution in [3.63, 3.8) is 0 Å². The second kappa shape index (κ2) is 9.44. The highest BCUT2D eigenvalue weighted by Gasteiger charge is 2.27. The molecule has 1 aliphatic rings. The molecule has 3 rings (SSSR count). The Kier molecular flexibility index (Phi) is 6.99. The van der Waals surface area contributed by atoms with Crippen molar-refractivity contribution in [2.24, 2.45) is 0 Å². The van der Waals surface area contributed by atoms with E-state index in [9.17, 15) is 9.50 Å². The zero-order chi connectivity index (χ0) is 19.2. The van der Waals surface area contributed by atoms with Crippen molar-refractivity contribution in [1.82, 2.24) is 19.6 Å². The minimum atomic E-state index is -0.151. The van der Waals surface area contributed by atoms with Crippen LogP contribution < -0.4 is 0 Å². The third-order valence-corrected chi connectivity index (χ3v) is 5.52. The highest BCUT2D eigenvalue weighted by Crippen LogP contribution is 2.20. The van der Waals surface area contributed by atoms with E-state index >= 15 is 0 Å². The zero-order valence-electron chi connectivity index (χ0n) is 16.4. The summed E-state index contributed by atoms with van der Waals surface area (Å²) in [6, 6.07) is 7.21. The van der Waals surface area contributed by atoms with Crippen molar-refractivity contribution >= 4 is 0 Å². The highest BCUT2D eigenvalue weighted by molar-refractivity contribution is 5.18. The Morgan fingerprint density at radius 1 is 1.19 bits per heavy atom. The van der Waals surface area contributed by atoms with Gasteiger partial charge in [0.1, 0.15) is 5.82 Å². The van der Waals surface area contributed by atoms with Gasteiger partial charge in [-0.15, -0.1) is 0 Å². The monoisotopic (exact) mass is 374 g/mol. The van der Waals surface area contributed by atoms with Gasteiger partial charge in [-0.25, -0.2) is 4.39 Å². The van der Waals surface area contributed by atoms with Gasteiger partial charge in [0.25, 0.3) is 0 Å². The van der Waals surface area contributed by atoms with Crippen LogP contribution in [0.1, 0.15) is 36.6 Å². The summed E-state index contributed by atoms with van der Waals surface area (Å²) in [5.74, 6) is -0.151. The second-order valence-corrected chi connectivity index (χ2v) is 7.44. The number of nitrogens with zero attached hydrogens (tertiary/aromatic N) is 4. The van der Waals surface area contributed by atoms with Crippen LogP contribution in [0.15, 0.2) is 30.5 Å². The molecule has 1 aliphatic heterocycles. The predicted octanol–water partition coefficient (Wildman–Crippen LogP) is 2.81. The lowest BCUT2D eigenvalue weighted by Gasteiger charge is -2.41. The number of benzene rings is 1. The molecule has 0 amide bonds. The van der Waals surface area contributed by atoms with E-state index in [0.29, 0.717) is 13.0 Å². The lowest BCUT2D eigenvalue weighted by atomic mass is 10.1. The third-order valence-electron chi connectivity index (χ3n) is 5.52. The van der Waals surface area contributed by atoms with Crippen LogP contribution in [0.2, 0.25) is 0 Å². The first-order valence-corrected chi connectivity index (χ1v) is 9.94. The smallest absolute Gasteiger partial charge is 0.127 e. The van der Waals surface area contributed by atoms with E-state index in [-0.39, 0.29) is 18.5 Å². The normalized spacial score (nSPS) is 18.9. The van der Waals surface area contributed by atoms with Crippen LogP contribution >= 0.6 is 0 Å². The molecule has 6 heteroatoms. The van der Waals surface area contributed by atoms with Gasteiger partial charge in [0.05, 0.1) is 6.20 Å². The molecular formula is C21H31FN4O. The van der Waals surface area contributed by atoms with Crippen LogP contribution in [0.25, 0.3) is 0 Å². The van der Waals surface area contributed by atoms with Gasteiger partial charge in [0.2, 0.25) is 0 Å². The fourth-order valence-corrected chi connectivity index (χ4v) is 3.90. The Labute approximate surface area is 161 Å². The van der Waals surface area contributed by atoms with Crippen LogP contribution in [0.5, 0.6) is 0 Å². The summed E-state index contributed by atoms with van der Waals surface area (Å²) in [5.41, 5.74) is 3.24. The molecule has 1 saturated heterocycles. The highest BCUT2D eigenvalue weighted by atomic mass is 19.1. The molecule has 5 nitrogen and oxygen atoms in total. The Morgan fingerprint density at radius 3 is 2.74 bits per heavy atom. The van der Waals surface area contributed by atoms with Crippen molar-refractivity contribution in [3.05, 3.63) is 53.1 Å². The molecular weight excluding hydrogens is 343 g/mol. The quantitative estimate of drug-likeness (QED) is 0.772. The molecule has 0 saturated carbocycles. The maximum absolute atomic E-state index is 14.0. The van der Waals surface area contributed by atoms with E-state index < -0.39 is 0 Å². The maximum atomic E-state index is 14.0. The number of aliphatic hydroxyl groups excluding tert-OH is 1. The van der Waals surface area contributed by atoms with Crippen LogP contribution in [0, 0.1) is 12.7 Å². The van der Waals surface area contributed by atoms with Gasteiger partial charge >= 0.3 is 0 Å². The molecule has 1 aromatic carbocycles. The SMILES string of the molecule is CCCn1ncc(CN2CCN(Cc3ccccc3F)C(CCO)C2)c1C. The molecule has 1 aromatic heterocycles. The largest absolute Gasteiger partial charge is 0.396 e.